The van der Waals surface area contributed by atoms with Crippen LogP contribution < -0.4 is 10.4 Å². The smallest absolute Gasteiger partial charge is 0.247 e. The molecule has 3 saturated heterocycles. The minimum absolute atomic E-state index is 0.0755. The highest BCUT2D eigenvalue weighted by atomic mass is 16.2. The van der Waals surface area contributed by atoms with Gasteiger partial charge in [0.15, 0.2) is 0 Å². The summed E-state index contributed by atoms with van der Waals surface area (Å²) in [5.41, 5.74) is 4.25. The van der Waals surface area contributed by atoms with Crippen LogP contribution in [0.15, 0.2) is 30.3 Å². The summed E-state index contributed by atoms with van der Waals surface area (Å²) in [6.45, 7) is 11.2. The third-order valence-corrected chi connectivity index (χ3v) is 6.88. The summed E-state index contributed by atoms with van der Waals surface area (Å²) in [4.78, 5) is 33.5. The van der Waals surface area contributed by atoms with Crippen LogP contribution in [0.4, 0.5) is 5.69 Å². The molecule has 1 aromatic rings. The van der Waals surface area contributed by atoms with Gasteiger partial charge in [-0.25, -0.2) is 10.4 Å². The summed E-state index contributed by atoms with van der Waals surface area (Å²) in [6.07, 6.45) is 2.42. The molecule has 7 heteroatoms. The Hall–Kier alpha value is -1.96. The van der Waals surface area contributed by atoms with E-state index in [1.807, 2.05) is 35.2 Å². The van der Waals surface area contributed by atoms with Crippen molar-refractivity contribution in [1.82, 2.24) is 20.1 Å². The molecule has 1 N–H and O–H groups in total. The number of para-hydroxylation sites is 1. The van der Waals surface area contributed by atoms with Crippen LogP contribution in [0, 0.1) is 11.8 Å². The molecule has 164 valence electrons. The maximum Gasteiger partial charge on any atom is 0.247 e. The minimum Gasteiger partial charge on any atom is -0.340 e. The average molecular weight is 414 g/mol. The van der Waals surface area contributed by atoms with Gasteiger partial charge in [0.05, 0.1) is 23.6 Å². The van der Waals surface area contributed by atoms with E-state index in [1.54, 1.807) is 5.01 Å². The van der Waals surface area contributed by atoms with Gasteiger partial charge in [-0.2, -0.15) is 0 Å². The first-order chi connectivity index (χ1) is 14.6. The van der Waals surface area contributed by atoms with E-state index in [9.17, 15) is 9.59 Å². The second-order valence-electron chi connectivity index (χ2n) is 8.75. The average Bonchev–Trinajstić information content (AvgIpc) is 3.14. The van der Waals surface area contributed by atoms with Crippen molar-refractivity contribution in [3.05, 3.63) is 30.3 Å². The van der Waals surface area contributed by atoms with Crippen molar-refractivity contribution in [2.75, 3.05) is 57.4 Å². The van der Waals surface area contributed by atoms with Gasteiger partial charge in [0.2, 0.25) is 11.8 Å². The number of fused-ring (bicyclic) bond motifs is 1. The summed E-state index contributed by atoms with van der Waals surface area (Å²) in [7, 11) is 0. The molecule has 0 aliphatic carbocycles. The van der Waals surface area contributed by atoms with Gasteiger partial charge < -0.3 is 9.80 Å². The van der Waals surface area contributed by atoms with Crippen molar-refractivity contribution in [3.63, 3.8) is 0 Å². The van der Waals surface area contributed by atoms with E-state index in [1.165, 1.54) is 12.8 Å². The fourth-order valence-electron chi connectivity index (χ4n) is 5.01. The van der Waals surface area contributed by atoms with Gasteiger partial charge in [-0.15, -0.1) is 0 Å². The highest BCUT2D eigenvalue weighted by molar-refractivity contribution is 5.98. The largest absolute Gasteiger partial charge is 0.340 e. The van der Waals surface area contributed by atoms with Crippen molar-refractivity contribution < 1.29 is 9.59 Å². The van der Waals surface area contributed by atoms with E-state index in [0.29, 0.717) is 6.54 Å². The topological polar surface area (TPSA) is 59.1 Å². The number of piperazine rings is 1. The van der Waals surface area contributed by atoms with Crippen LogP contribution >= 0.6 is 0 Å². The third-order valence-electron chi connectivity index (χ3n) is 6.88. The Labute approximate surface area is 180 Å². The molecule has 3 heterocycles. The molecule has 3 fully saturated rings. The summed E-state index contributed by atoms with van der Waals surface area (Å²) < 4.78 is 0. The number of nitrogens with zero attached hydrogens (tertiary/aromatic N) is 4. The number of hydrogen-bond donors (Lipinski definition) is 1. The normalized spacial score (nSPS) is 28.1. The van der Waals surface area contributed by atoms with Crippen LogP contribution in [0.5, 0.6) is 0 Å². The summed E-state index contributed by atoms with van der Waals surface area (Å²) in [5, 5.41) is 1.66. The lowest BCUT2D eigenvalue weighted by Crippen LogP contribution is -2.59. The number of carbonyl (C=O) groups excluding carboxylic acids is 2. The molecule has 2 amide bonds. The van der Waals surface area contributed by atoms with E-state index in [-0.39, 0.29) is 29.7 Å². The van der Waals surface area contributed by atoms with Crippen LogP contribution in [0.2, 0.25) is 0 Å². The maximum absolute atomic E-state index is 13.5. The molecule has 1 aromatic carbocycles. The maximum atomic E-state index is 13.5. The molecule has 30 heavy (non-hydrogen) atoms. The van der Waals surface area contributed by atoms with E-state index in [0.717, 1.165) is 51.5 Å². The molecule has 0 spiro atoms. The van der Waals surface area contributed by atoms with Crippen LogP contribution in [0.1, 0.15) is 26.7 Å². The van der Waals surface area contributed by atoms with Crippen LogP contribution in [0.25, 0.3) is 0 Å². The monoisotopic (exact) mass is 413 g/mol. The quantitative estimate of drug-likeness (QED) is 0.764. The Morgan fingerprint density at radius 1 is 1.03 bits per heavy atom. The van der Waals surface area contributed by atoms with Gasteiger partial charge >= 0.3 is 0 Å². The van der Waals surface area contributed by atoms with Crippen LogP contribution in [-0.4, -0.2) is 84.9 Å². The Morgan fingerprint density at radius 2 is 1.77 bits per heavy atom. The van der Waals surface area contributed by atoms with Crippen molar-refractivity contribution in [3.8, 4) is 0 Å². The molecule has 3 unspecified atom stereocenters. The predicted octanol–water partition coefficient (Wildman–Crippen LogP) is 1.42. The number of unbranched alkanes of at least 4 members (excludes halogenated alkanes) is 1. The van der Waals surface area contributed by atoms with Crippen molar-refractivity contribution in [1.29, 1.82) is 0 Å². The highest BCUT2D eigenvalue weighted by Gasteiger charge is 2.51. The Morgan fingerprint density at radius 3 is 2.43 bits per heavy atom. The van der Waals surface area contributed by atoms with Crippen molar-refractivity contribution in [2.45, 2.75) is 32.7 Å². The summed E-state index contributed by atoms with van der Waals surface area (Å²) in [5.74, 6) is -0.0951. The van der Waals surface area contributed by atoms with Crippen LogP contribution in [-0.2, 0) is 9.59 Å². The molecular weight excluding hydrogens is 378 g/mol. The molecule has 3 aliphatic heterocycles. The lowest BCUT2D eigenvalue weighted by molar-refractivity contribution is -0.141. The zero-order valence-corrected chi connectivity index (χ0v) is 18.3. The zero-order chi connectivity index (χ0) is 21.1. The van der Waals surface area contributed by atoms with Crippen molar-refractivity contribution in [2.24, 2.45) is 11.8 Å². The van der Waals surface area contributed by atoms with Gasteiger partial charge in [0.25, 0.3) is 0 Å². The zero-order valence-electron chi connectivity index (χ0n) is 18.3. The second-order valence-corrected chi connectivity index (χ2v) is 8.75. The highest BCUT2D eigenvalue weighted by Crippen LogP contribution is 2.32. The summed E-state index contributed by atoms with van der Waals surface area (Å²) >= 11 is 0. The fraction of sp³-hybridized carbons (Fsp3) is 0.652. The number of nitrogens with one attached hydrogen (secondary N) is 1. The number of carbonyl (C=O) groups is 2. The van der Waals surface area contributed by atoms with Gasteiger partial charge in [0, 0.05) is 39.3 Å². The Bertz CT molecular complexity index is 734. The standard InChI is InChI=1S/C23H35N5O2/c1-3-5-11-26-12-14-27(15-13-26)22(29)19-16-25(4-2)17-20-21(19)24-28(23(20)30)18-9-7-6-8-10-18/h6-10,19-21,24H,3-5,11-17H2,1-2H3. The lowest BCUT2D eigenvalue weighted by atomic mass is 9.83. The molecular formula is C23H35N5O2. The molecule has 0 aromatic heterocycles. The Kier molecular flexibility index (Phi) is 6.71. The Balaban J connectivity index is 1.47. The van der Waals surface area contributed by atoms with Crippen molar-refractivity contribution >= 4 is 17.5 Å². The number of likely N-dealkylation sites (tertiary alicyclic amines) is 1. The molecule has 3 atom stereocenters. The number of piperidine rings is 1. The van der Waals surface area contributed by atoms with Gasteiger partial charge in [0.1, 0.15) is 0 Å². The first kappa shape index (κ1) is 21.3. The summed E-state index contributed by atoms with van der Waals surface area (Å²) in [6, 6.07) is 9.56. The van der Waals surface area contributed by atoms with E-state index in [2.05, 4.69) is 29.1 Å². The number of rotatable bonds is 6. The lowest BCUT2D eigenvalue weighted by Gasteiger charge is -2.42. The third kappa shape index (κ3) is 4.24. The first-order valence-corrected chi connectivity index (χ1v) is 11.5. The SMILES string of the molecule is CCCCN1CCN(C(=O)C2CN(CC)CC3C(=O)N(c4ccccc4)NC23)CC1. The number of hydrogen-bond acceptors (Lipinski definition) is 5. The molecule has 7 nitrogen and oxygen atoms in total. The molecule has 0 bridgehead atoms. The minimum atomic E-state index is -0.191. The number of anilines is 1. The van der Waals surface area contributed by atoms with E-state index < -0.39 is 0 Å². The van der Waals surface area contributed by atoms with E-state index >= 15 is 0 Å². The molecule has 0 radical (unpaired) electrons. The molecule has 0 saturated carbocycles. The van der Waals surface area contributed by atoms with Gasteiger partial charge in [-0.05, 0) is 31.6 Å². The number of hydrazine groups is 1. The fourth-order valence-corrected chi connectivity index (χ4v) is 5.01. The number of benzene rings is 1. The van der Waals surface area contributed by atoms with Gasteiger partial charge in [-0.1, -0.05) is 38.5 Å². The predicted molar refractivity (Wildman–Crippen MR) is 118 cm³/mol. The molecule has 3 aliphatic rings. The number of amides is 2. The van der Waals surface area contributed by atoms with E-state index in [4.69, 9.17) is 0 Å². The first-order valence-electron chi connectivity index (χ1n) is 11.5. The van der Waals surface area contributed by atoms with Crippen LogP contribution in [0.3, 0.4) is 0 Å². The second kappa shape index (κ2) is 9.45. The molecule has 4 rings (SSSR count). The van der Waals surface area contributed by atoms with Gasteiger partial charge in [-0.3, -0.25) is 14.5 Å².